The molecule has 78 valence electrons. The molecule has 1 aromatic carbocycles. The average molecular weight is 201 g/mol. The van der Waals surface area contributed by atoms with Crippen LogP contribution in [0.4, 0.5) is 0 Å². The third-order valence-electron chi connectivity index (χ3n) is 2.98. The van der Waals surface area contributed by atoms with Crippen molar-refractivity contribution in [1.82, 2.24) is 5.32 Å². The molecule has 0 aliphatic heterocycles. The van der Waals surface area contributed by atoms with Crippen LogP contribution in [0.15, 0.2) is 36.9 Å². The quantitative estimate of drug-likeness (QED) is 0.730. The summed E-state index contributed by atoms with van der Waals surface area (Å²) in [6, 6.07) is 8.43. The first kappa shape index (κ1) is 9.97. The monoisotopic (exact) mass is 201 g/mol. The molecule has 1 N–H and O–H groups in total. The number of rotatable bonds is 2. The van der Waals surface area contributed by atoms with Crippen LogP contribution in [-0.2, 0) is 11.2 Å². The summed E-state index contributed by atoms with van der Waals surface area (Å²) in [7, 11) is 0. The molecule has 0 saturated heterocycles. The summed E-state index contributed by atoms with van der Waals surface area (Å²) in [4.78, 5) is 11.3. The van der Waals surface area contributed by atoms with Gasteiger partial charge in [-0.15, -0.1) is 0 Å². The summed E-state index contributed by atoms with van der Waals surface area (Å²) in [5, 5.41) is 2.98. The molecule has 0 heterocycles. The van der Waals surface area contributed by atoms with E-state index in [0.717, 1.165) is 6.42 Å². The third-order valence-corrected chi connectivity index (χ3v) is 2.98. The van der Waals surface area contributed by atoms with Gasteiger partial charge in [-0.05, 0) is 29.5 Å². The lowest BCUT2D eigenvalue weighted by atomic mass is 10.0. The highest BCUT2D eigenvalue weighted by Gasteiger charge is 2.29. The van der Waals surface area contributed by atoms with Crippen molar-refractivity contribution in [2.24, 2.45) is 5.92 Å². The molecule has 0 bridgehead atoms. The lowest BCUT2D eigenvalue weighted by molar-refractivity contribution is -0.117. The Morgan fingerprint density at radius 2 is 2.27 bits per heavy atom. The maximum Gasteiger partial charge on any atom is 0.243 e. The highest BCUT2D eigenvalue weighted by Crippen LogP contribution is 2.35. The maximum atomic E-state index is 11.3. The molecule has 2 rings (SSSR count). The number of hydrogen-bond acceptors (Lipinski definition) is 1. The normalized spacial score (nSPS) is 23.3. The van der Waals surface area contributed by atoms with Crippen LogP contribution in [0.25, 0.3) is 0 Å². The first-order valence-electron chi connectivity index (χ1n) is 5.23. The topological polar surface area (TPSA) is 29.1 Å². The Balaban J connectivity index is 2.25. The van der Waals surface area contributed by atoms with Crippen LogP contribution in [-0.4, -0.2) is 5.91 Å². The van der Waals surface area contributed by atoms with Crippen molar-refractivity contribution in [2.45, 2.75) is 19.4 Å². The lowest BCUT2D eigenvalue weighted by Gasteiger charge is -2.17. The number of carbonyl (C=O) groups excluding carboxylic acids is 1. The molecule has 1 aliphatic carbocycles. The van der Waals surface area contributed by atoms with Crippen LogP contribution < -0.4 is 5.32 Å². The minimum atomic E-state index is -0.0939. The van der Waals surface area contributed by atoms with Crippen LogP contribution in [0.2, 0.25) is 0 Å². The van der Waals surface area contributed by atoms with E-state index < -0.39 is 0 Å². The molecule has 0 spiro atoms. The SMILES string of the molecule is C=CC(=O)N[C@H]1c2ccccc2C[C@@H]1C. The van der Waals surface area contributed by atoms with Gasteiger partial charge >= 0.3 is 0 Å². The summed E-state index contributed by atoms with van der Waals surface area (Å²) in [5.74, 6) is 0.370. The van der Waals surface area contributed by atoms with Gasteiger partial charge in [0.05, 0.1) is 6.04 Å². The Hall–Kier alpha value is -1.57. The Bertz CT molecular complexity index is 397. The van der Waals surface area contributed by atoms with E-state index in [2.05, 4.69) is 31.0 Å². The van der Waals surface area contributed by atoms with Gasteiger partial charge in [-0.2, -0.15) is 0 Å². The second-order valence-electron chi connectivity index (χ2n) is 4.07. The minimum absolute atomic E-state index is 0.0939. The molecule has 2 nitrogen and oxygen atoms in total. The Labute approximate surface area is 90.0 Å². The standard InChI is InChI=1S/C13H15NO/c1-3-12(15)14-13-9(2)8-10-6-4-5-7-11(10)13/h3-7,9,13H,1,8H2,2H3,(H,14,15)/t9-,13+/m0/s1. The van der Waals surface area contributed by atoms with Gasteiger partial charge in [0.15, 0.2) is 0 Å². The second kappa shape index (κ2) is 3.89. The van der Waals surface area contributed by atoms with Gasteiger partial charge in [0.1, 0.15) is 0 Å². The lowest BCUT2D eigenvalue weighted by Crippen LogP contribution is -2.28. The third kappa shape index (κ3) is 1.80. The fraction of sp³-hybridized carbons (Fsp3) is 0.308. The smallest absolute Gasteiger partial charge is 0.243 e. The first-order valence-corrected chi connectivity index (χ1v) is 5.23. The molecule has 2 heteroatoms. The molecule has 2 atom stereocenters. The Morgan fingerprint density at radius 3 is 3.00 bits per heavy atom. The molecule has 1 aromatic rings. The molecular formula is C13H15NO. The summed E-state index contributed by atoms with van der Waals surface area (Å²) in [6.07, 6.45) is 2.37. The minimum Gasteiger partial charge on any atom is -0.345 e. The van der Waals surface area contributed by atoms with Crippen LogP contribution >= 0.6 is 0 Å². The van der Waals surface area contributed by atoms with Gasteiger partial charge in [0.25, 0.3) is 0 Å². The van der Waals surface area contributed by atoms with E-state index in [1.54, 1.807) is 0 Å². The fourth-order valence-electron chi connectivity index (χ4n) is 2.23. The molecule has 0 fully saturated rings. The van der Waals surface area contributed by atoms with Crippen LogP contribution in [0.3, 0.4) is 0 Å². The van der Waals surface area contributed by atoms with Gasteiger partial charge in [0.2, 0.25) is 5.91 Å². The molecule has 0 unspecified atom stereocenters. The maximum absolute atomic E-state index is 11.3. The van der Waals surface area contributed by atoms with Gasteiger partial charge < -0.3 is 5.32 Å². The fourth-order valence-corrected chi connectivity index (χ4v) is 2.23. The summed E-state index contributed by atoms with van der Waals surface area (Å²) in [6.45, 7) is 5.63. The summed E-state index contributed by atoms with van der Waals surface area (Å²) < 4.78 is 0. The van der Waals surface area contributed by atoms with Crippen molar-refractivity contribution in [3.8, 4) is 0 Å². The van der Waals surface area contributed by atoms with Crippen LogP contribution in [0.1, 0.15) is 24.1 Å². The number of fused-ring (bicyclic) bond motifs is 1. The van der Waals surface area contributed by atoms with Gasteiger partial charge in [-0.25, -0.2) is 0 Å². The molecule has 0 saturated carbocycles. The van der Waals surface area contributed by atoms with Gasteiger partial charge in [0, 0.05) is 0 Å². The highest BCUT2D eigenvalue weighted by atomic mass is 16.1. The van der Waals surface area contributed by atoms with E-state index in [1.807, 2.05) is 12.1 Å². The zero-order valence-corrected chi connectivity index (χ0v) is 8.86. The molecule has 1 amide bonds. The number of benzene rings is 1. The van der Waals surface area contributed by atoms with E-state index in [4.69, 9.17) is 0 Å². The number of amides is 1. The van der Waals surface area contributed by atoms with Crippen molar-refractivity contribution in [1.29, 1.82) is 0 Å². The van der Waals surface area contributed by atoms with E-state index in [0.29, 0.717) is 5.92 Å². The molecule has 0 radical (unpaired) electrons. The van der Waals surface area contributed by atoms with Crippen LogP contribution in [0.5, 0.6) is 0 Å². The zero-order valence-electron chi connectivity index (χ0n) is 8.86. The zero-order chi connectivity index (χ0) is 10.8. The van der Waals surface area contributed by atoms with E-state index in [9.17, 15) is 4.79 Å². The van der Waals surface area contributed by atoms with E-state index >= 15 is 0 Å². The summed E-state index contributed by atoms with van der Waals surface area (Å²) >= 11 is 0. The van der Waals surface area contributed by atoms with Crippen molar-refractivity contribution in [3.05, 3.63) is 48.0 Å². The molecule has 1 aliphatic rings. The number of carbonyl (C=O) groups is 1. The Morgan fingerprint density at radius 1 is 1.53 bits per heavy atom. The Kier molecular flexibility index (Phi) is 2.58. The molecule has 0 aromatic heterocycles. The van der Waals surface area contributed by atoms with Crippen molar-refractivity contribution < 1.29 is 4.79 Å². The van der Waals surface area contributed by atoms with E-state index in [1.165, 1.54) is 17.2 Å². The van der Waals surface area contributed by atoms with Crippen molar-refractivity contribution >= 4 is 5.91 Å². The molecular weight excluding hydrogens is 186 g/mol. The van der Waals surface area contributed by atoms with Crippen LogP contribution in [0, 0.1) is 5.92 Å². The van der Waals surface area contributed by atoms with E-state index in [-0.39, 0.29) is 11.9 Å². The van der Waals surface area contributed by atoms with Crippen molar-refractivity contribution in [3.63, 3.8) is 0 Å². The number of nitrogens with one attached hydrogen (secondary N) is 1. The van der Waals surface area contributed by atoms with Gasteiger partial charge in [-0.3, -0.25) is 4.79 Å². The first-order chi connectivity index (χ1) is 7.22. The largest absolute Gasteiger partial charge is 0.345 e. The predicted octanol–water partition coefficient (Wildman–Crippen LogP) is 2.22. The van der Waals surface area contributed by atoms with Gasteiger partial charge in [-0.1, -0.05) is 37.8 Å². The number of hydrogen-bond donors (Lipinski definition) is 1. The molecule has 15 heavy (non-hydrogen) atoms. The highest BCUT2D eigenvalue weighted by molar-refractivity contribution is 5.87. The average Bonchev–Trinajstić information content (AvgIpc) is 2.55. The summed E-state index contributed by atoms with van der Waals surface area (Å²) in [5.41, 5.74) is 2.60. The second-order valence-corrected chi connectivity index (χ2v) is 4.07. The van der Waals surface area contributed by atoms with Crippen molar-refractivity contribution in [2.75, 3.05) is 0 Å². The predicted molar refractivity (Wildman–Crippen MR) is 60.4 cm³/mol.